The molecule has 2 heterocycles. The molecule has 1 amide bonds. The summed E-state index contributed by atoms with van der Waals surface area (Å²) in [5, 5.41) is 11.8. The van der Waals surface area contributed by atoms with E-state index < -0.39 is 0 Å². The van der Waals surface area contributed by atoms with Crippen molar-refractivity contribution in [2.45, 2.75) is 23.5 Å². The molecule has 0 spiro atoms. The Morgan fingerprint density at radius 2 is 2.30 bits per heavy atom. The number of benzene rings is 1. The highest BCUT2D eigenvalue weighted by Gasteiger charge is 2.20. The van der Waals surface area contributed by atoms with Gasteiger partial charge in [0.15, 0.2) is 5.16 Å². The summed E-state index contributed by atoms with van der Waals surface area (Å²) in [6.45, 7) is 2.91. The Hall–Kier alpha value is -1.47. The third-order valence-corrected chi connectivity index (χ3v) is 4.82. The first kappa shape index (κ1) is 13.5. The van der Waals surface area contributed by atoms with Crippen LogP contribution < -0.4 is 5.32 Å². The Morgan fingerprint density at radius 1 is 1.45 bits per heavy atom. The predicted molar refractivity (Wildman–Crippen MR) is 81.5 cm³/mol. The van der Waals surface area contributed by atoms with E-state index in [1.807, 2.05) is 28.8 Å². The standard InChI is InChI=1S/C13H14N4OS2/c1-2-19-10-6-4-3-5-9(10)11(18)14-12-15-16-13-17(12)7-8-20-13/h3-6H,2,7-8H2,1H3,(H,14,15,18). The number of carbonyl (C=O) groups excluding carboxylic acids is 1. The number of anilines is 1. The first-order valence-electron chi connectivity index (χ1n) is 6.38. The van der Waals surface area contributed by atoms with Crippen LogP contribution in [-0.4, -0.2) is 32.2 Å². The highest BCUT2D eigenvalue weighted by Crippen LogP contribution is 2.27. The summed E-state index contributed by atoms with van der Waals surface area (Å²) in [6, 6.07) is 7.62. The van der Waals surface area contributed by atoms with Crippen molar-refractivity contribution in [3.63, 3.8) is 0 Å². The maximum Gasteiger partial charge on any atom is 0.259 e. The zero-order chi connectivity index (χ0) is 13.9. The smallest absolute Gasteiger partial charge is 0.259 e. The monoisotopic (exact) mass is 306 g/mol. The van der Waals surface area contributed by atoms with Crippen molar-refractivity contribution in [1.29, 1.82) is 0 Å². The molecule has 0 fully saturated rings. The van der Waals surface area contributed by atoms with Crippen LogP contribution in [0.15, 0.2) is 34.3 Å². The topological polar surface area (TPSA) is 59.8 Å². The van der Waals surface area contributed by atoms with Gasteiger partial charge in [-0.3, -0.25) is 14.7 Å². The van der Waals surface area contributed by atoms with Gasteiger partial charge in [-0.15, -0.1) is 22.0 Å². The van der Waals surface area contributed by atoms with Gasteiger partial charge < -0.3 is 0 Å². The van der Waals surface area contributed by atoms with Gasteiger partial charge >= 0.3 is 0 Å². The lowest BCUT2D eigenvalue weighted by atomic mass is 10.2. The molecule has 1 N–H and O–H groups in total. The lowest BCUT2D eigenvalue weighted by Crippen LogP contribution is -2.16. The van der Waals surface area contributed by atoms with E-state index in [2.05, 4.69) is 22.4 Å². The van der Waals surface area contributed by atoms with E-state index in [4.69, 9.17) is 0 Å². The summed E-state index contributed by atoms with van der Waals surface area (Å²) >= 11 is 3.32. The van der Waals surface area contributed by atoms with Crippen LogP contribution in [0, 0.1) is 0 Å². The van der Waals surface area contributed by atoms with Gasteiger partial charge in [-0.1, -0.05) is 30.8 Å². The molecule has 0 aliphatic carbocycles. The number of fused-ring (bicyclic) bond motifs is 1. The zero-order valence-corrected chi connectivity index (χ0v) is 12.6. The molecule has 3 rings (SSSR count). The van der Waals surface area contributed by atoms with Gasteiger partial charge in [-0.05, 0) is 17.9 Å². The quantitative estimate of drug-likeness (QED) is 0.880. The van der Waals surface area contributed by atoms with Crippen LogP contribution in [0.1, 0.15) is 17.3 Å². The number of hydrogen-bond acceptors (Lipinski definition) is 5. The van der Waals surface area contributed by atoms with Gasteiger partial charge in [-0.25, -0.2) is 0 Å². The molecular weight excluding hydrogens is 292 g/mol. The van der Waals surface area contributed by atoms with Crippen LogP contribution in [0.3, 0.4) is 0 Å². The minimum absolute atomic E-state index is 0.131. The van der Waals surface area contributed by atoms with Gasteiger partial charge in [0.2, 0.25) is 5.95 Å². The molecule has 2 aromatic rings. The van der Waals surface area contributed by atoms with Crippen molar-refractivity contribution in [3.8, 4) is 0 Å². The molecule has 20 heavy (non-hydrogen) atoms. The molecular formula is C13H14N4OS2. The fraction of sp³-hybridized carbons (Fsp3) is 0.308. The van der Waals surface area contributed by atoms with Crippen LogP contribution in [-0.2, 0) is 6.54 Å². The van der Waals surface area contributed by atoms with Crippen molar-refractivity contribution in [2.75, 3.05) is 16.8 Å². The highest BCUT2D eigenvalue weighted by molar-refractivity contribution is 7.99. The minimum Gasteiger partial charge on any atom is -0.290 e. The Morgan fingerprint density at radius 3 is 3.15 bits per heavy atom. The largest absolute Gasteiger partial charge is 0.290 e. The lowest BCUT2D eigenvalue weighted by Gasteiger charge is -2.08. The molecule has 1 aromatic carbocycles. The van der Waals surface area contributed by atoms with Crippen molar-refractivity contribution in [3.05, 3.63) is 29.8 Å². The summed E-state index contributed by atoms with van der Waals surface area (Å²) < 4.78 is 1.94. The van der Waals surface area contributed by atoms with Gasteiger partial charge in [0.1, 0.15) is 0 Å². The second kappa shape index (κ2) is 5.88. The first-order chi connectivity index (χ1) is 9.79. The van der Waals surface area contributed by atoms with E-state index in [1.165, 1.54) is 0 Å². The fourth-order valence-corrected chi connectivity index (χ4v) is 3.71. The maximum absolute atomic E-state index is 12.4. The van der Waals surface area contributed by atoms with Gasteiger partial charge in [-0.2, -0.15) is 0 Å². The Bertz CT molecular complexity index is 641. The maximum atomic E-state index is 12.4. The average molecular weight is 306 g/mol. The van der Waals surface area contributed by atoms with E-state index in [9.17, 15) is 4.79 Å². The van der Waals surface area contributed by atoms with Crippen LogP contribution in [0.25, 0.3) is 0 Å². The summed E-state index contributed by atoms with van der Waals surface area (Å²) in [5.74, 6) is 2.32. The number of aromatic nitrogens is 3. The highest BCUT2D eigenvalue weighted by atomic mass is 32.2. The number of carbonyl (C=O) groups is 1. The Balaban J connectivity index is 1.82. The normalized spacial score (nSPS) is 13.2. The number of nitrogens with one attached hydrogen (secondary N) is 1. The molecule has 7 heteroatoms. The van der Waals surface area contributed by atoms with Crippen LogP contribution in [0.2, 0.25) is 0 Å². The molecule has 0 radical (unpaired) electrons. The summed E-state index contributed by atoms with van der Waals surface area (Å²) in [5.41, 5.74) is 0.683. The van der Waals surface area contributed by atoms with Crippen molar-refractivity contribution < 1.29 is 4.79 Å². The SMILES string of the molecule is CCSc1ccccc1C(=O)Nc1nnc2n1CCS2. The molecule has 0 saturated heterocycles. The van der Waals surface area contributed by atoms with E-state index in [0.717, 1.165) is 28.1 Å². The number of hydrogen-bond donors (Lipinski definition) is 1. The number of rotatable bonds is 4. The number of thioether (sulfide) groups is 2. The second-order valence-electron chi connectivity index (χ2n) is 4.19. The van der Waals surface area contributed by atoms with Crippen molar-refractivity contribution >= 4 is 35.4 Å². The third-order valence-electron chi connectivity index (χ3n) is 2.92. The summed E-state index contributed by atoms with van der Waals surface area (Å²) in [7, 11) is 0. The number of nitrogens with zero attached hydrogens (tertiary/aromatic N) is 3. The Labute approximate surface area is 125 Å². The molecule has 0 saturated carbocycles. The average Bonchev–Trinajstić information content (AvgIpc) is 3.05. The predicted octanol–water partition coefficient (Wildman–Crippen LogP) is 2.75. The van der Waals surface area contributed by atoms with Crippen LogP contribution >= 0.6 is 23.5 Å². The van der Waals surface area contributed by atoms with E-state index in [-0.39, 0.29) is 5.91 Å². The van der Waals surface area contributed by atoms with Crippen LogP contribution in [0.4, 0.5) is 5.95 Å². The summed E-state index contributed by atoms with van der Waals surface area (Å²) in [6.07, 6.45) is 0. The lowest BCUT2D eigenvalue weighted by molar-refractivity contribution is 0.102. The second-order valence-corrected chi connectivity index (χ2v) is 6.56. The molecule has 1 aromatic heterocycles. The van der Waals surface area contributed by atoms with E-state index >= 15 is 0 Å². The molecule has 0 unspecified atom stereocenters. The molecule has 1 aliphatic heterocycles. The Kier molecular flexibility index (Phi) is 3.98. The molecule has 104 valence electrons. The third kappa shape index (κ3) is 2.55. The summed E-state index contributed by atoms with van der Waals surface area (Å²) in [4.78, 5) is 13.4. The van der Waals surface area contributed by atoms with E-state index in [0.29, 0.717) is 11.5 Å². The molecule has 0 bridgehead atoms. The zero-order valence-electron chi connectivity index (χ0n) is 11.0. The first-order valence-corrected chi connectivity index (χ1v) is 8.36. The fourth-order valence-electron chi connectivity index (χ4n) is 2.02. The van der Waals surface area contributed by atoms with Gasteiger partial charge in [0.25, 0.3) is 5.91 Å². The van der Waals surface area contributed by atoms with Gasteiger partial charge in [0.05, 0.1) is 5.56 Å². The van der Waals surface area contributed by atoms with E-state index in [1.54, 1.807) is 23.5 Å². The van der Waals surface area contributed by atoms with Crippen molar-refractivity contribution in [1.82, 2.24) is 14.8 Å². The molecule has 1 aliphatic rings. The molecule has 0 atom stereocenters. The number of amides is 1. The van der Waals surface area contributed by atoms with Gasteiger partial charge in [0, 0.05) is 17.2 Å². The van der Waals surface area contributed by atoms with Crippen LogP contribution in [0.5, 0.6) is 0 Å². The van der Waals surface area contributed by atoms with Crippen molar-refractivity contribution in [2.24, 2.45) is 0 Å². The molecule has 5 nitrogen and oxygen atoms in total. The minimum atomic E-state index is -0.131.